The van der Waals surface area contributed by atoms with Crippen LogP contribution in [0.4, 0.5) is 0 Å². The van der Waals surface area contributed by atoms with Gasteiger partial charge in [-0.15, -0.1) is 0 Å². The summed E-state index contributed by atoms with van der Waals surface area (Å²) in [6.07, 6.45) is 0. The number of Topliss-reactive ketones (excluding diaryl/α,β-unsaturated/α-hetero) is 1. The Balaban J connectivity index is 2.34. The summed E-state index contributed by atoms with van der Waals surface area (Å²) in [4.78, 5) is 12.7. The number of carbonyl (C=O) groups is 1. The second-order valence-corrected chi connectivity index (χ2v) is 7.40. The highest BCUT2D eigenvalue weighted by molar-refractivity contribution is 7.89. The van der Waals surface area contributed by atoms with Gasteiger partial charge in [0.15, 0.2) is 5.78 Å². The normalized spacial score (nSPS) is 13.0. The molecule has 4 nitrogen and oxygen atoms in total. The topological polar surface area (TPSA) is 54.5 Å². The van der Waals surface area contributed by atoms with Crippen LogP contribution in [0.2, 0.25) is 5.02 Å². The second-order valence-electron chi connectivity index (χ2n) is 5.07. The Morgan fingerprint density at radius 3 is 2.17 bits per heavy atom. The maximum absolute atomic E-state index is 12.8. The van der Waals surface area contributed by atoms with Gasteiger partial charge >= 0.3 is 0 Å². The van der Waals surface area contributed by atoms with Gasteiger partial charge < -0.3 is 0 Å². The molecule has 0 N–H and O–H groups in total. The van der Waals surface area contributed by atoms with E-state index in [1.165, 1.54) is 28.6 Å². The van der Waals surface area contributed by atoms with E-state index in [1.54, 1.807) is 38.1 Å². The molecule has 0 radical (unpaired) electrons. The largest absolute Gasteiger partial charge is 0.292 e. The number of likely N-dealkylation sites (N-methyl/N-ethyl adjacent to an activating group) is 1. The number of halogens is 1. The molecular formula is C17H18ClNO3S. The first-order chi connectivity index (χ1) is 10.9. The zero-order valence-corrected chi connectivity index (χ0v) is 14.5. The minimum atomic E-state index is -3.77. The van der Waals surface area contributed by atoms with Gasteiger partial charge in [0.2, 0.25) is 10.0 Å². The molecule has 2 aromatic carbocycles. The highest BCUT2D eigenvalue weighted by Crippen LogP contribution is 2.21. The van der Waals surface area contributed by atoms with Crippen molar-refractivity contribution in [3.05, 3.63) is 65.2 Å². The van der Waals surface area contributed by atoms with Crippen molar-refractivity contribution in [2.45, 2.75) is 24.8 Å². The third-order valence-electron chi connectivity index (χ3n) is 3.60. The van der Waals surface area contributed by atoms with Crippen LogP contribution in [0.15, 0.2) is 59.5 Å². The van der Waals surface area contributed by atoms with Gasteiger partial charge in [0.1, 0.15) is 0 Å². The average molecular weight is 352 g/mol. The second kappa shape index (κ2) is 7.25. The SMILES string of the molecule is CCN(C(C)C(=O)c1ccccc1)S(=O)(=O)c1ccc(Cl)cc1. The Hall–Kier alpha value is -1.69. The molecule has 1 unspecified atom stereocenters. The van der Waals surface area contributed by atoms with Crippen LogP contribution in [0.5, 0.6) is 0 Å². The molecular weight excluding hydrogens is 334 g/mol. The van der Waals surface area contributed by atoms with E-state index in [9.17, 15) is 13.2 Å². The molecule has 0 bridgehead atoms. The van der Waals surface area contributed by atoms with Crippen molar-refractivity contribution in [3.8, 4) is 0 Å². The predicted octanol–water partition coefficient (Wildman–Crippen LogP) is 3.62. The highest BCUT2D eigenvalue weighted by atomic mass is 35.5. The Kier molecular flexibility index (Phi) is 5.57. The zero-order valence-electron chi connectivity index (χ0n) is 12.9. The van der Waals surface area contributed by atoms with Crippen molar-refractivity contribution in [3.63, 3.8) is 0 Å². The van der Waals surface area contributed by atoms with Gasteiger partial charge in [0, 0.05) is 17.1 Å². The number of ketones is 1. The standard InChI is InChI=1S/C17H18ClNO3S/c1-3-19(13(2)17(20)14-7-5-4-6-8-14)23(21,22)16-11-9-15(18)10-12-16/h4-13H,3H2,1-2H3. The molecule has 0 aliphatic rings. The number of hydrogen-bond acceptors (Lipinski definition) is 3. The average Bonchev–Trinajstić information content (AvgIpc) is 2.55. The van der Waals surface area contributed by atoms with Crippen molar-refractivity contribution >= 4 is 27.4 Å². The first kappa shape index (κ1) is 17.7. The maximum Gasteiger partial charge on any atom is 0.243 e. The van der Waals surface area contributed by atoms with E-state index in [0.29, 0.717) is 10.6 Å². The van der Waals surface area contributed by atoms with Gasteiger partial charge in [-0.3, -0.25) is 4.79 Å². The molecule has 0 spiro atoms. The molecule has 0 aliphatic heterocycles. The van der Waals surface area contributed by atoms with Gasteiger partial charge in [-0.25, -0.2) is 8.42 Å². The molecule has 2 aromatic rings. The van der Waals surface area contributed by atoms with E-state index in [0.717, 1.165) is 0 Å². The lowest BCUT2D eigenvalue weighted by molar-refractivity contribution is 0.0910. The number of benzene rings is 2. The zero-order chi connectivity index (χ0) is 17.0. The van der Waals surface area contributed by atoms with Crippen LogP contribution >= 0.6 is 11.6 Å². The third-order valence-corrected chi connectivity index (χ3v) is 5.91. The lowest BCUT2D eigenvalue weighted by atomic mass is 10.1. The minimum Gasteiger partial charge on any atom is -0.292 e. The molecule has 0 saturated heterocycles. The molecule has 6 heteroatoms. The lowest BCUT2D eigenvalue weighted by Crippen LogP contribution is -2.43. The molecule has 0 amide bonds. The van der Waals surface area contributed by atoms with E-state index in [-0.39, 0.29) is 17.2 Å². The highest BCUT2D eigenvalue weighted by Gasteiger charge is 2.32. The number of sulfonamides is 1. The number of rotatable bonds is 6. The quantitative estimate of drug-likeness (QED) is 0.747. The first-order valence-corrected chi connectivity index (χ1v) is 9.06. The van der Waals surface area contributed by atoms with Crippen molar-refractivity contribution < 1.29 is 13.2 Å². The fourth-order valence-electron chi connectivity index (χ4n) is 2.37. The van der Waals surface area contributed by atoms with E-state index in [1.807, 2.05) is 6.07 Å². The van der Waals surface area contributed by atoms with Crippen molar-refractivity contribution in [2.75, 3.05) is 6.54 Å². The Bertz CT molecular complexity index is 773. The van der Waals surface area contributed by atoms with E-state index >= 15 is 0 Å². The molecule has 0 aliphatic carbocycles. The molecule has 0 saturated carbocycles. The monoisotopic (exact) mass is 351 g/mol. The van der Waals surface area contributed by atoms with Crippen molar-refractivity contribution in [2.24, 2.45) is 0 Å². The summed E-state index contributed by atoms with van der Waals surface area (Å²) in [6, 6.07) is 13.8. The third kappa shape index (κ3) is 3.80. The first-order valence-electron chi connectivity index (χ1n) is 7.24. The van der Waals surface area contributed by atoms with Gasteiger partial charge in [-0.2, -0.15) is 4.31 Å². The van der Waals surface area contributed by atoms with E-state index in [2.05, 4.69) is 0 Å². The Labute approximate surface area is 141 Å². The summed E-state index contributed by atoms with van der Waals surface area (Å²) in [7, 11) is -3.77. The minimum absolute atomic E-state index is 0.122. The Morgan fingerprint density at radius 1 is 1.09 bits per heavy atom. The van der Waals surface area contributed by atoms with Crippen LogP contribution in [0.1, 0.15) is 24.2 Å². The van der Waals surface area contributed by atoms with Crippen molar-refractivity contribution in [1.29, 1.82) is 0 Å². The molecule has 0 aromatic heterocycles. The molecule has 1 atom stereocenters. The van der Waals surface area contributed by atoms with Crippen LogP contribution in [0, 0.1) is 0 Å². The number of hydrogen-bond donors (Lipinski definition) is 0. The van der Waals surface area contributed by atoms with Crippen LogP contribution in [-0.2, 0) is 10.0 Å². The predicted molar refractivity (Wildman–Crippen MR) is 91.3 cm³/mol. The molecule has 122 valence electrons. The van der Waals surface area contributed by atoms with E-state index in [4.69, 9.17) is 11.6 Å². The van der Waals surface area contributed by atoms with Gasteiger partial charge in [-0.05, 0) is 31.2 Å². The fraction of sp³-hybridized carbons (Fsp3) is 0.235. The van der Waals surface area contributed by atoms with Gasteiger partial charge in [-0.1, -0.05) is 48.9 Å². The molecule has 0 heterocycles. The van der Waals surface area contributed by atoms with Gasteiger partial charge in [0.25, 0.3) is 0 Å². The van der Waals surface area contributed by atoms with Gasteiger partial charge in [0.05, 0.1) is 10.9 Å². The van der Waals surface area contributed by atoms with E-state index < -0.39 is 16.1 Å². The summed E-state index contributed by atoms with van der Waals surface area (Å²) in [6.45, 7) is 3.51. The fourth-order valence-corrected chi connectivity index (χ4v) is 4.10. The van der Waals surface area contributed by atoms with Crippen LogP contribution in [0.25, 0.3) is 0 Å². The molecule has 0 fully saturated rings. The summed E-state index contributed by atoms with van der Waals surface area (Å²) < 4.78 is 26.8. The van der Waals surface area contributed by atoms with Crippen molar-refractivity contribution in [1.82, 2.24) is 4.31 Å². The smallest absolute Gasteiger partial charge is 0.243 e. The lowest BCUT2D eigenvalue weighted by Gasteiger charge is -2.26. The summed E-state index contributed by atoms with van der Waals surface area (Å²) >= 11 is 5.81. The molecule has 2 rings (SSSR count). The summed E-state index contributed by atoms with van der Waals surface area (Å²) in [5.41, 5.74) is 0.491. The summed E-state index contributed by atoms with van der Waals surface area (Å²) in [5, 5.41) is 0.459. The van der Waals surface area contributed by atoms with Crippen LogP contribution in [0.3, 0.4) is 0 Å². The maximum atomic E-state index is 12.8. The summed E-state index contributed by atoms with van der Waals surface area (Å²) in [5.74, 6) is -0.231. The van der Waals surface area contributed by atoms with Crippen LogP contribution in [-0.4, -0.2) is 31.1 Å². The van der Waals surface area contributed by atoms with Crippen LogP contribution < -0.4 is 0 Å². The Morgan fingerprint density at radius 2 is 1.65 bits per heavy atom. The molecule has 23 heavy (non-hydrogen) atoms. The number of carbonyl (C=O) groups excluding carboxylic acids is 1. The number of nitrogens with zero attached hydrogens (tertiary/aromatic N) is 1.